The van der Waals surface area contributed by atoms with E-state index in [2.05, 4.69) is 32.2 Å². The number of aromatic nitrogens is 3. The predicted molar refractivity (Wildman–Crippen MR) is 101 cm³/mol. The molecule has 1 aromatic heterocycles. The van der Waals surface area contributed by atoms with Gasteiger partial charge in [-0.25, -0.2) is 13.5 Å². The second-order valence-corrected chi connectivity index (χ2v) is 6.61. The quantitative estimate of drug-likeness (QED) is 0.765. The van der Waals surface area contributed by atoms with E-state index in [-0.39, 0.29) is 11.6 Å². The van der Waals surface area contributed by atoms with E-state index in [1.165, 1.54) is 35.3 Å². The average Bonchev–Trinajstić information content (AvgIpc) is 3.10. The number of rotatable bonds is 4. The highest BCUT2D eigenvalue weighted by atomic mass is 19.1. The number of nitrogens with one attached hydrogen (secondary N) is 1. The molecule has 140 valence electrons. The SMILES string of the molecule is CN1CCN(c2cc(F)cc(Nc3ncn(-c4cccc(F)c4)n3)c2)CC1. The maximum atomic E-state index is 14.1. The van der Waals surface area contributed by atoms with Crippen molar-refractivity contribution in [1.82, 2.24) is 19.7 Å². The molecule has 27 heavy (non-hydrogen) atoms. The van der Waals surface area contributed by atoms with Gasteiger partial charge in [0.05, 0.1) is 5.69 Å². The summed E-state index contributed by atoms with van der Waals surface area (Å²) in [6.45, 7) is 3.59. The topological polar surface area (TPSA) is 49.2 Å². The van der Waals surface area contributed by atoms with E-state index in [4.69, 9.17) is 0 Å². The van der Waals surface area contributed by atoms with Crippen LogP contribution in [-0.4, -0.2) is 52.9 Å². The number of likely N-dealkylation sites (N-methyl/N-ethyl adjacent to an activating group) is 1. The summed E-state index contributed by atoms with van der Waals surface area (Å²) in [5, 5.41) is 7.31. The summed E-state index contributed by atoms with van der Waals surface area (Å²) in [5.41, 5.74) is 1.96. The Morgan fingerprint density at radius 1 is 0.926 bits per heavy atom. The first kappa shape index (κ1) is 17.4. The fraction of sp³-hybridized carbons (Fsp3) is 0.263. The molecule has 3 aromatic rings. The van der Waals surface area contributed by atoms with Crippen LogP contribution in [0.25, 0.3) is 5.69 Å². The molecule has 0 radical (unpaired) electrons. The lowest BCUT2D eigenvalue weighted by molar-refractivity contribution is 0.313. The van der Waals surface area contributed by atoms with Crippen LogP contribution in [0.2, 0.25) is 0 Å². The van der Waals surface area contributed by atoms with Crippen molar-refractivity contribution in [3.63, 3.8) is 0 Å². The Morgan fingerprint density at radius 3 is 2.48 bits per heavy atom. The summed E-state index contributed by atoms with van der Waals surface area (Å²) in [6, 6.07) is 10.9. The minimum absolute atomic E-state index is 0.314. The zero-order chi connectivity index (χ0) is 18.8. The van der Waals surface area contributed by atoms with Crippen molar-refractivity contribution in [2.24, 2.45) is 0 Å². The second-order valence-electron chi connectivity index (χ2n) is 6.61. The maximum absolute atomic E-state index is 14.1. The van der Waals surface area contributed by atoms with Gasteiger partial charge >= 0.3 is 0 Å². The van der Waals surface area contributed by atoms with Gasteiger partial charge in [0.15, 0.2) is 0 Å². The predicted octanol–water partition coefficient (Wildman–Crippen LogP) is 3.04. The minimum atomic E-state index is -0.348. The Bertz CT molecular complexity index is 933. The molecule has 0 bridgehead atoms. The highest BCUT2D eigenvalue weighted by Crippen LogP contribution is 2.24. The number of hydrogen-bond donors (Lipinski definition) is 1. The smallest absolute Gasteiger partial charge is 0.246 e. The molecule has 0 atom stereocenters. The summed E-state index contributed by atoms with van der Waals surface area (Å²) < 4.78 is 28.9. The third-order valence-corrected chi connectivity index (χ3v) is 4.57. The molecule has 1 aliphatic heterocycles. The largest absolute Gasteiger partial charge is 0.369 e. The van der Waals surface area contributed by atoms with Crippen LogP contribution in [0.5, 0.6) is 0 Å². The molecule has 1 aliphatic rings. The molecule has 0 unspecified atom stereocenters. The number of piperazine rings is 1. The Kier molecular flexibility index (Phi) is 4.72. The lowest BCUT2D eigenvalue weighted by Gasteiger charge is -2.34. The standard InChI is InChI=1S/C19H20F2N6/c1-25-5-7-26(8-6-25)18-11-15(21)9-16(12-18)23-19-22-13-27(24-19)17-4-2-3-14(20)10-17/h2-4,9-13H,5-8H2,1H3,(H,23,24). The molecule has 2 heterocycles. The van der Waals surface area contributed by atoms with Gasteiger partial charge in [0.2, 0.25) is 5.95 Å². The first-order valence-electron chi connectivity index (χ1n) is 8.75. The Balaban J connectivity index is 1.53. The molecule has 0 amide bonds. The van der Waals surface area contributed by atoms with E-state index < -0.39 is 0 Å². The number of halogens is 2. The van der Waals surface area contributed by atoms with Gasteiger partial charge in [-0.05, 0) is 43.4 Å². The van der Waals surface area contributed by atoms with Crippen LogP contribution in [-0.2, 0) is 0 Å². The van der Waals surface area contributed by atoms with E-state index in [0.29, 0.717) is 17.3 Å². The summed E-state index contributed by atoms with van der Waals surface area (Å²) in [4.78, 5) is 8.58. The van der Waals surface area contributed by atoms with Crippen molar-refractivity contribution in [1.29, 1.82) is 0 Å². The highest BCUT2D eigenvalue weighted by molar-refractivity contribution is 5.62. The molecule has 4 rings (SSSR count). The van der Waals surface area contributed by atoms with Crippen molar-refractivity contribution in [3.05, 3.63) is 60.4 Å². The van der Waals surface area contributed by atoms with Crippen LogP contribution in [0, 0.1) is 11.6 Å². The average molecular weight is 370 g/mol. The summed E-state index contributed by atoms with van der Waals surface area (Å²) in [5.74, 6) is -0.355. The van der Waals surface area contributed by atoms with E-state index in [9.17, 15) is 8.78 Å². The van der Waals surface area contributed by atoms with Gasteiger partial charge in [0, 0.05) is 37.6 Å². The van der Waals surface area contributed by atoms with Crippen molar-refractivity contribution in [3.8, 4) is 5.69 Å². The fourth-order valence-electron chi connectivity index (χ4n) is 3.09. The third-order valence-electron chi connectivity index (χ3n) is 4.57. The van der Waals surface area contributed by atoms with E-state index in [1.54, 1.807) is 12.1 Å². The van der Waals surface area contributed by atoms with Gasteiger partial charge < -0.3 is 15.1 Å². The fourth-order valence-corrected chi connectivity index (χ4v) is 3.09. The number of nitrogens with zero attached hydrogens (tertiary/aromatic N) is 5. The molecule has 0 aliphatic carbocycles. The molecular weight excluding hydrogens is 350 g/mol. The molecule has 6 nitrogen and oxygen atoms in total. The van der Waals surface area contributed by atoms with Crippen molar-refractivity contribution >= 4 is 17.3 Å². The number of benzene rings is 2. The van der Waals surface area contributed by atoms with Crippen LogP contribution in [0.1, 0.15) is 0 Å². The summed E-state index contributed by atoms with van der Waals surface area (Å²) >= 11 is 0. The van der Waals surface area contributed by atoms with E-state index in [1.807, 2.05) is 6.07 Å². The van der Waals surface area contributed by atoms with Gasteiger partial charge in [-0.15, -0.1) is 5.10 Å². The molecule has 8 heteroatoms. The van der Waals surface area contributed by atoms with Gasteiger partial charge in [-0.3, -0.25) is 0 Å². The Morgan fingerprint density at radius 2 is 1.70 bits per heavy atom. The molecule has 1 N–H and O–H groups in total. The minimum Gasteiger partial charge on any atom is -0.369 e. The van der Waals surface area contributed by atoms with Crippen molar-refractivity contribution < 1.29 is 8.78 Å². The normalized spacial score (nSPS) is 15.1. The Hall–Kier alpha value is -3.00. The van der Waals surface area contributed by atoms with E-state index >= 15 is 0 Å². The third kappa shape index (κ3) is 4.06. The van der Waals surface area contributed by atoms with Gasteiger partial charge in [-0.2, -0.15) is 4.98 Å². The highest BCUT2D eigenvalue weighted by Gasteiger charge is 2.16. The van der Waals surface area contributed by atoms with Gasteiger partial charge in [-0.1, -0.05) is 6.07 Å². The van der Waals surface area contributed by atoms with Gasteiger partial charge in [0.25, 0.3) is 0 Å². The van der Waals surface area contributed by atoms with Crippen LogP contribution in [0.3, 0.4) is 0 Å². The molecule has 0 spiro atoms. The number of anilines is 3. The molecule has 2 aromatic carbocycles. The van der Waals surface area contributed by atoms with Crippen LogP contribution >= 0.6 is 0 Å². The molecule has 1 saturated heterocycles. The zero-order valence-electron chi connectivity index (χ0n) is 14.9. The summed E-state index contributed by atoms with van der Waals surface area (Å²) in [7, 11) is 2.08. The lowest BCUT2D eigenvalue weighted by atomic mass is 10.2. The van der Waals surface area contributed by atoms with Crippen molar-refractivity contribution in [2.75, 3.05) is 43.4 Å². The first-order valence-corrected chi connectivity index (χ1v) is 8.75. The van der Waals surface area contributed by atoms with Gasteiger partial charge in [0.1, 0.15) is 18.0 Å². The Labute approximate surface area is 156 Å². The van der Waals surface area contributed by atoms with Crippen LogP contribution in [0.15, 0.2) is 48.8 Å². The van der Waals surface area contributed by atoms with E-state index in [0.717, 1.165) is 31.9 Å². The molecule has 1 fully saturated rings. The molecule has 0 saturated carbocycles. The number of hydrogen-bond acceptors (Lipinski definition) is 5. The monoisotopic (exact) mass is 370 g/mol. The maximum Gasteiger partial charge on any atom is 0.246 e. The lowest BCUT2D eigenvalue weighted by Crippen LogP contribution is -2.44. The van der Waals surface area contributed by atoms with Crippen molar-refractivity contribution in [2.45, 2.75) is 0 Å². The molecular formula is C19H20F2N6. The summed E-state index contributed by atoms with van der Waals surface area (Å²) in [6.07, 6.45) is 1.48. The van der Waals surface area contributed by atoms with Crippen LogP contribution in [0.4, 0.5) is 26.1 Å². The second kappa shape index (κ2) is 7.32. The van der Waals surface area contributed by atoms with Crippen LogP contribution < -0.4 is 10.2 Å². The first-order chi connectivity index (χ1) is 13.1. The zero-order valence-corrected chi connectivity index (χ0v) is 14.9.